The minimum atomic E-state index is -0.124. The fourth-order valence-electron chi connectivity index (χ4n) is 1.98. The summed E-state index contributed by atoms with van der Waals surface area (Å²) in [5.41, 5.74) is 4.67. The average Bonchev–Trinajstić information content (AvgIpc) is 2.63. The number of unbranched alkanes of at least 4 members (excludes halogenated alkanes) is 1. The van der Waals surface area contributed by atoms with Crippen molar-refractivity contribution in [3.05, 3.63) is 59.7 Å². The van der Waals surface area contributed by atoms with E-state index in [1.807, 2.05) is 55.5 Å². The van der Waals surface area contributed by atoms with E-state index in [2.05, 4.69) is 17.5 Å². The molecule has 132 valence electrons. The number of hydrazone groups is 1. The topological polar surface area (TPSA) is 50.7 Å². The molecule has 2 aromatic rings. The van der Waals surface area contributed by atoms with Crippen LogP contribution in [0.1, 0.15) is 30.9 Å². The minimum Gasteiger partial charge on any atom is -0.494 e. The van der Waals surface area contributed by atoms with E-state index in [-0.39, 0.29) is 5.91 Å². The number of aryl methyl sites for hydroxylation is 1. The first kappa shape index (κ1) is 19.1. The van der Waals surface area contributed by atoms with E-state index >= 15 is 0 Å². The monoisotopic (exact) mass is 356 g/mol. The van der Waals surface area contributed by atoms with Gasteiger partial charge in [0.25, 0.3) is 0 Å². The number of rotatable bonds is 9. The number of carbonyl (C=O) groups excluding carboxylic acids is 1. The molecule has 0 fully saturated rings. The number of hydrogen-bond acceptors (Lipinski definition) is 4. The Labute approximate surface area is 153 Å². The number of thioether (sulfide) groups is 1. The van der Waals surface area contributed by atoms with Crippen molar-refractivity contribution in [1.29, 1.82) is 0 Å². The van der Waals surface area contributed by atoms with E-state index in [0.29, 0.717) is 5.75 Å². The van der Waals surface area contributed by atoms with Gasteiger partial charge < -0.3 is 4.74 Å². The summed E-state index contributed by atoms with van der Waals surface area (Å²) >= 11 is 1.49. The van der Waals surface area contributed by atoms with Crippen molar-refractivity contribution < 1.29 is 9.53 Å². The first-order valence-corrected chi connectivity index (χ1v) is 9.40. The molecule has 0 saturated carbocycles. The Bertz CT molecular complexity index is 682. The SMILES string of the molecule is CCCCOc1ccc(/C=N/NC(=O)CSc2ccc(C)cc2)cc1. The second kappa shape index (κ2) is 10.6. The van der Waals surface area contributed by atoms with Crippen molar-refractivity contribution in [2.75, 3.05) is 12.4 Å². The fourth-order valence-corrected chi connectivity index (χ4v) is 2.67. The van der Waals surface area contributed by atoms with Crippen LogP contribution in [0.15, 0.2) is 58.5 Å². The highest BCUT2D eigenvalue weighted by Gasteiger charge is 2.01. The summed E-state index contributed by atoms with van der Waals surface area (Å²) in [6.45, 7) is 4.91. The number of nitrogens with one attached hydrogen (secondary N) is 1. The molecule has 0 bridgehead atoms. The molecule has 0 aliphatic heterocycles. The molecule has 1 N–H and O–H groups in total. The highest BCUT2D eigenvalue weighted by molar-refractivity contribution is 8.00. The van der Waals surface area contributed by atoms with Crippen LogP contribution in [-0.2, 0) is 4.79 Å². The van der Waals surface area contributed by atoms with E-state index in [4.69, 9.17) is 4.74 Å². The number of ether oxygens (including phenoxy) is 1. The van der Waals surface area contributed by atoms with Gasteiger partial charge in [-0.05, 0) is 55.3 Å². The third-order valence-corrected chi connectivity index (χ3v) is 4.45. The van der Waals surface area contributed by atoms with Gasteiger partial charge in [-0.1, -0.05) is 31.0 Å². The summed E-state index contributed by atoms with van der Waals surface area (Å²) in [5, 5.41) is 3.99. The van der Waals surface area contributed by atoms with Gasteiger partial charge in [0.15, 0.2) is 0 Å². The molecule has 2 aromatic carbocycles. The van der Waals surface area contributed by atoms with Gasteiger partial charge in [-0.15, -0.1) is 11.8 Å². The third-order valence-electron chi connectivity index (χ3n) is 3.44. The number of amides is 1. The largest absolute Gasteiger partial charge is 0.494 e. The molecule has 0 atom stereocenters. The van der Waals surface area contributed by atoms with Crippen LogP contribution in [0.25, 0.3) is 0 Å². The standard InChI is InChI=1S/C20H24N2O2S/c1-3-4-13-24-18-9-7-17(8-10-18)14-21-22-20(23)15-25-19-11-5-16(2)6-12-19/h5-12,14H,3-4,13,15H2,1-2H3,(H,22,23)/b21-14+. The van der Waals surface area contributed by atoms with Crippen molar-refractivity contribution in [1.82, 2.24) is 5.43 Å². The minimum absolute atomic E-state index is 0.124. The normalized spacial score (nSPS) is 10.8. The molecule has 0 aliphatic rings. The van der Waals surface area contributed by atoms with Crippen molar-refractivity contribution in [3.63, 3.8) is 0 Å². The average molecular weight is 356 g/mol. The molecule has 0 aliphatic carbocycles. The molecule has 0 aromatic heterocycles. The first-order valence-electron chi connectivity index (χ1n) is 8.41. The number of carbonyl (C=O) groups is 1. The summed E-state index contributed by atoms with van der Waals surface area (Å²) in [7, 11) is 0. The predicted molar refractivity (Wildman–Crippen MR) is 104 cm³/mol. The van der Waals surface area contributed by atoms with Gasteiger partial charge in [-0.25, -0.2) is 5.43 Å². The molecule has 0 heterocycles. The molecule has 25 heavy (non-hydrogen) atoms. The van der Waals surface area contributed by atoms with Gasteiger partial charge in [0.05, 0.1) is 18.6 Å². The van der Waals surface area contributed by atoms with E-state index in [0.717, 1.165) is 35.7 Å². The summed E-state index contributed by atoms with van der Waals surface area (Å²) in [5.74, 6) is 1.07. The van der Waals surface area contributed by atoms with E-state index in [1.54, 1.807) is 6.21 Å². The Morgan fingerprint density at radius 1 is 1.16 bits per heavy atom. The van der Waals surface area contributed by atoms with E-state index in [9.17, 15) is 4.79 Å². The number of hydrogen-bond donors (Lipinski definition) is 1. The molecule has 0 saturated heterocycles. The van der Waals surface area contributed by atoms with Gasteiger partial charge in [-0.3, -0.25) is 4.79 Å². The zero-order valence-electron chi connectivity index (χ0n) is 14.7. The maximum Gasteiger partial charge on any atom is 0.250 e. The predicted octanol–water partition coefficient (Wildman–Crippen LogP) is 4.42. The van der Waals surface area contributed by atoms with Gasteiger partial charge in [0, 0.05) is 4.90 Å². The molecule has 0 spiro atoms. The summed E-state index contributed by atoms with van der Waals surface area (Å²) in [4.78, 5) is 12.9. The lowest BCUT2D eigenvalue weighted by Crippen LogP contribution is -2.19. The molecule has 1 amide bonds. The molecular weight excluding hydrogens is 332 g/mol. The Morgan fingerprint density at radius 3 is 2.56 bits per heavy atom. The van der Waals surface area contributed by atoms with E-state index in [1.165, 1.54) is 17.3 Å². The van der Waals surface area contributed by atoms with Crippen molar-refractivity contribution in [2.45, 2.75) is 31.6 Å². The van der Waals surface area contributed by atoms with Crippen LogP contribution in [0.3, 0.4) is 0 Å². The molecular formula is C20H24N2O2S. The zero-order valence-corrected chi connectivity index (χ0v) is 15.5. The molecule has 0 radical (unpaired) electrons. The number of benzene rings is 2. The Hall–Kier alpha value is -2.27. The maximum atomic E-state index is 11.8. The van der Waals surface area contributed by atoms with Crippen LogP contribution in [0.2, 0.25) is 0 Å². The summed E-state index contributed by atoms with van der Waals surface area (Å²) in [6.07, 6.45) is 3.80. The quantitative estimate of drug-likeness (QED) is 0.313. The van der Waals surface area contributed by atoms with E-state index < -0.39 is 0 Å². The third kappa shape index (κ3) is 7.44. The van der Waals surface area contributed by atoms with Gasteiger partial charge in [0.2, 0.25) is 5.91 Å². The van der Waals surface area contributed by atoms with Gasteiger partial charge in [-0.2, -0.15) is 5.10 Å². The Morgan fingerprint density at radius 2 is 1.88 bits per heavy atom. The Balaban J connectivity index is 1.72. The highest BCUT2D eigenvalue weighted by atomic mass is 32.2. The van der Waals surface area contributed by atoms with Crippen LogP contribution < -0.4 is 10.2 Å². The first-order chi connectivity index (χ1) is 12.2. The van der Waals surface area contributed by atoms with Crippen LogP contribution in [0.5, 0.6) is 5.75 Å². The van der Waals surface area contributed by atoms with Crippen LogP contribution in [0, 0.1) is 6.92 Å². The van der Waals surface area contributed by atoms with Gasteiger partial charge in [0.1, 0.15) is 5.75 Å². The van der Waals surface area contributed by atoms with Crippen molar-refractivity contribution in [3.8, 4) is 5.75 Å². The second-order valence-corrected chi connectivity index (χ2v) is 6.71. The molecule has 4 nitrogen and oxygen atoms in total. The van der Waals surface area contributed by atoms with Crippen molar-refractivity contribution >= 4 is 23.9 Å². The number of nitrogens with zero attached hydrogens (tertiary/aromatic N) is 1. The summed E-state index contributed by atoms with van der Waals surface area (Å²) in [6, 6.07) is 15.7. The molecule has 5 heteroatoms. The molecule has 0 unspecified atom stereocenters. The highest BCUT2D eigenvalue weighted by Crippen LogP contribution is 2.17. The summed E-state index contributed by atoms with van der Waals surface area (Å²) < 4.78 is 5.61. The second-order valence-electron chi connectivity index (χ2n) is 5.67. The lowest BCUT2D eigenvalue weighted by atomic mass is 10.2. The zero-order chi connectivity index (χ0) is 17.9. The molecule has 2 rings (SSSR count). The van der Waals surface area contributed by atoms with Crippen LogP contribution in [-0.4, -0.2) is 24.5 Å². The van der Waals surface area contributed by atoms with Crippen molar-refractivity contribution in [2.24, 2.45) is 5.10 Å². The van der Waals surface area contributed by atoms with Gasteiger partial charge >= 0.3 is 0 Å². The lowest BCUT2D eigenvalue weighted by molar-refractivity contribution is -0.118. The van der Waals surface area contributed by atoms with Crippen LogP contribution in [0.4, 0.5) is 0 Å². The lowest BCUT2D eigenvalue weighted by Gasteiger charge is -2.05. The fraction of sp³-hybridized carbons (Fsp3) is 0.300. The van der Waals surface area contributed by atoms with Crippen LogP contribution >= 0.6 is 11.8 Å². The Kier molecular flexibility index (Phi) is 8.05. The smallest absolute Gasteiger partial charge is 0.250 e. The maximum absolute atomic E-state index is 11.8.